The van der Waals surface area contributed by atoms with Gasteiger partial charge in [0.2, 0.25) is 0 Å². The third kappa shape index (κ3) is 143. The van der Waals surface area contributed by atoms with Crippen LogP contribution >= 0.6 is 0 Å². The van der Waals surface area contributed by atoms with Crippen molar-refractivity contribution in [1.82, 2.24) is 0 Å². The van der Waals surface area contributed by atoms with Crippen molar-refractivity contribution >= 4 is 23.1 Å². The third-order valence-corrected chi connectivity index (χ3v) is 0. The van der Waals surface area contributed by atoms with Gasteiger partial charge in [-0.05, 0) is 0 Å². The molecule has 0 saturated heterocycles. The van der Waals surface area contributed by atoms with Crippen LogP contribution in [0.4, 0.5) is 0 Å². The zero-order chi connectivity index (χ0) is 2.00. The first kappa shape index (κ1) is 52.3. The summed E-state index contributed by atoms with van der Waals surface area (Å²) in [4.78, 5) is 0. The van der Waals surface area contributed by atoms with E-state index in [1.807, 2.05) is 0 Å². The van der Waals surface area contributed by atoms with E-state index in [0.717, 1.165) is 0 Å². The Hall–Kier alpha value is 0.426. The van der Waals surface area contributed by atoms with Crippen LogP contribution in [0.15, 0.2) is 13.2 Å². The van der Waals surface area contributed by atoms with Crippen molar-refractivity contribution in [3.05, 3.63) is 13.2 Å². The van der Waals surface area contributed by atoms with Crippen LogP contribution in [0.5, 0.6) is 0 Å². The number of hydrogen-bond acceptors (Lipinski definition) is 2. The quantitative estimate of drug-likeness (QED) is 0.309. The first-order valence-corrected chi connectivity index (χ1v) is 0.500. The van der Waals surface area contributed by atoms with Gasteiger partial charge in [0.25, 0.3) is 0 Å². The van der Waals surface area contributed by atoms with Gasteiger partial charge in [0.15, 0.2) is 0 Å². The maximum atomic E-state index is 3.00. The molecule has 0 aromatic carbocycles. The van der Waals surface area contributed by atoms with E-state index in [4.69, 9.17) is 0 Å². The molecule has 0 aliphatic rings. The summed E-state index contributed by atoms with van der Waals surface area (Å²) < 4.78 is 0. The molecule has 0 heterocycles. The fourth-order valence-electron chi connectivity index (χ4n) is 0. The first-order valence-electron chi connectivity index (χ1n) is 0.500. The second-order valence-electron chi connectivity index (χ2n) is 0. The van der Waals surface area contributed by atoms with Crippen molar-refractivity contribution in [2.75, 3.05) is 0 Å². The first-order chi connectivity index (χ1) is 1.00. The molecule has 0 aromatic heterocycles. The van der Waals surface area contributed by atoms with Crippen molar-refractivity contribution in [1.29, 1.82) is 0 Å². The third-order valence-electron chi connectivity index (χ3n) is 0. The summed E-state index contributed by atoms with van der Waals surface area (Å²) >= 11 is 0. The van der Waals surface area contributed by atoms with Gasteiger partial charge in [0.1, 0.15) is 0 Å². The Morgan fingerprint density at radius 2 is 0.800 bits per heavy atom. The molecule has 2 N–H and O–H groups in total. The van der Waals surface area contributed by atoms with Gasteiger partial charge in [0, 0.05) is 0 Å². The summed E-state index contributed by atoms with van der Waals surface area (Å²) in [6.45, 7) is 6.00. The summed E-state index contributed by atoms with van der Waals surface area (Å²) in [5.74, 6) is 0. The van der Waals surface area contributed by atoms with E-state index in [1.54, 1.807) is 0 Å². The minimum atomic E-state index is 0. The Labute approximate surface area is 47.6 Å². The van der Waals surface area contributed by atoms with Crippen molar-refractivity contribution in [3.8, 4) is 0 Å². The van der Waals surface area contributed by atoms with Gasteiger partial charge >= 0.3 is 23.1 Å². The maximum absolute atomic E-state index is 3.00. The van der Waals surface area contributed by atoms with Crippen LogP contribution in [-0.2, 0) is 0 Å². The Balaban J connectivity index is -0.00000000167. The summed E-state index contributed by atoms with van der Waals surface area (Å²) in [6, 6.07) is 0. The predicted octanol–water partition coefficient (Wildman–Crippen LogP) is 0.0678. The molecule has 0 aliphatic heterocycles. The fourth-order valence-corrected chi connectivity index (χ4v) is 0. The second kappa shape index (κ2) is 286. The molecule has 0 amide bonds. The summed E-state index contributed by atoms with van der Waals surface area (Å²) in [5.41, 5.74) is 0. The van der Waals surface area contributed by atoms with E-state index in [2.05, 4.69) is 13.2 Å². The van der Waals surface area contributed by atoms with Crippen LogP contribution in [-0.4, -0.2) is 34.0 Å². The molecule has 28 valence electrons. The van der Waals surface area contributed by atoms with Crippen LogP contribution in [0.2, 0.25) is 0 Å². The van der Waals surface area contributed by atoms with Crippen LogP contribution in [0, 0.1) is 0 Å². The van der Waals surface area contributed by atoms with Crippen LogP contribution in [0.3, 0.4) is 0 Å². The van der Waals surface area contributed by atoms with Crippen molar-refractivity contribution in [3.63, 3.8) is 0 Å². The van der Waals surface area contributed by atoms with E-state index in [9.17, 15) is 0 Å². The van der Waals surface area contributed by atoms with E-state index in [0.29, 0.717) is 0 Å². The summed E-state index contributed by atoms with van der Waals surface area (Å²) in [7, 11) is 0. The van der Waals surface area contributed by atoms with Crippen molar-refractivity contribution < 1.29 is 11.0 Å². The van der Waals surface area contributed by atoms with Gasteiger partial charge in [-0.15, -0.1) is 13.2 Å². The molecule has 0 spiro atoms. The molecule has 0 bridgehead atoms. The van der Waals surface area contributed by atoms with Gasteiger partial charge in [0.05, 0.1) is 0 Å². The van der Waals surface area contributed by atoms with Gasteiger partial charge in [-0.3, -0.25) is 0 Å². The van der Waals surface area contributed by atoms with Crippen LogP contribution in [0.25, 0.3) is 0 Å². The fraction of sp³-hybridized carbons (Fsp3) is 0. The molecule has 0 rings (SSSR count). The Morgan fingerprint density at radius 1 is 0.800 bits per heavy atom. The minimum absolute atomic E-state index is 0. The molecule has 5 heavy (non-hydrogen) atoms. The average molecular weight is 86.4 g/mol. The molecule has 0 fully saturated rings. The number of hydrogen-bond donors (Lipinski definition) is 0. The predicted molar refractivity (Wildman–Crippen MR) is 20.9 cm³/mol. The zero-order valence-corrected chi connectivity index (χ0v) is 4.43. The molecule has 0 saturated carbocycles. The topological polar surface area (TPSA) is 60.0 Å². The number of rotatable bonds is 0. The molecular formula is C2H6MgO2. The molecule has 0 radical (unpaired) electrons. The zero-order valence-electron chi connectivity index (χ0n) is 3.02. The summed E-state index contributed by atoms with van der Waals surface area (Å²) in [5, 5.41) is 0. The maximum Gasteiger partial charge on any atom is 2.00 e. The van der Waals surface area contributed by atoms with Crippen LogP contribution < -0.4 is 0 Å². The Morgan fingerprint density at radius 3 is 0.800 bits per heavy atom. The normalized spacial score (nSPS) is 0.800. The Bertz CT molecular complexity index is 7.61. The van der Waals surface area contributed by atoms with Gasteiger partial charge < -0.3 is 11.0 Å². The molecular weight excluding hydrogens is 80.3 g/mol. The van der Waals surface area contributed by atoms with E-state index >= 15 is 0 Å². The molecule has 0 unspecified atom stereocenters. The van der Waals surface area contributed by atoms with Crippen LogP contribution in [0.1, 0.15) is 0 Å². The summed E-state index contributed by atoms with van der Waals surface area (Å²) in [6.07, 6.45) is 0. The van der Waals surface area contributed by atoms with E-state index in [1.165, 1.54) is 0 Å². The molecule has 0 aromatic rings. The van der Waals surface area contributed by atoms with Gasteiger partial charge in [-0.25, -0.2) is 0 Å². The van der Waals surface area contributed by atoms with E-state index in [-0.39, 0.29) is 34.0 Å². The second-order valence-corrected chi connectivity index (χ2v) is 0. The van der Waals surface area contributed by atoms with E-state index < -0.39 is 0 Å². The molecule has 3 heteroatoms. The van der Waals surface area contributed by atoms with Crippen molar-refractivity contribution in [2.24, 2.45) is 0 Å². The molecule has 0 atom stereocenters. The van der Waals surface area contributed by atoms with Gasteiger partial charge in [-0.1, -0.05) is 0 Å². The van der Waals surface area contributed by atoms with Gasteiger partial charge in [-0.2, -0.15) is 0 Å². The van der Waals surface area contributed by atoms with Crippen molar-refractivity contribution in [2.45, 2.75) is 0 Å². The standard InChI is InChI=1S/C2H4.Mg.2H2O/c1-2;;;/h1-2H2;;2*1H2/q;+2;;/p-2. The average Bonchev–Trinajstić information content (AvgIpc) is 1.00. The minimum Gasteiger partial charge on any atom is -0.870 e. The molecule has 2 nitrogen and oxygen atoms in total. The molecule has 0 aliphatic carbocycles. The monoisotopic (exact) mass is 86.0 g/mol. The Kier molecular flexibility index (Phi) is 2990. The largest absolute Gasteiger partial charge is 2.00 e. The SMILES string of the molecule is C=C.[Mg+2].[OH-].[OH-]. The smallest absolute Gasteiger partial charge is 0.870 e.